The van der Waals surface area contributed by atoms with E-state index in [0.717, 1.165) is 55.8 Å². The first-order chi connectivity index (χ1) is 16.6. The number of nitrogens with zero attached hydrogens (tertiary/aromatic N) is 2. The van der Waals surface area contributed by atoms with Gasteiger partial charge in [0.05, 0.1) is 0 Å². The van der Waals surface area contributed by atoms with Crippen molar-refractivity contribution in [3.63, 3.8) is 0 Å². The topological polar surface area (TPSA) is 45.9 Å². The van der Waals surface area contributed by atoms with Crippen molar-refractivity contribution >= 4 is 22.6 Å². The molecule has 5 nitrogen and oxygen atoms in total. The highest BCUT2D eigenvalue weighted by atomic mass is 35.5. The lowest BCUT2D eigenvalue weighted by atomic mass is 10.1. The van der Waals surface area contributed by atoms with Crippen LogP contribution in [0.15, 0.2) is 88.1 Å². The van der Waals surface area contributed by atoms with E-state index in [4.69, 9.17) is 20.8 Å². The molecule has 1 aliphatic rings. The molecular weight excluding hydrogens is 448 g/mol. The van der Waals surface area contributed by atoms with Crippen LogP contribution in [0.2, 0.25) is 5.02 Å². The Morgan fingerprint density at radius 1 is 0.794 bits per heavy atom. The molecule has 34 heavy (non-hydrogen) atoms. The molecular formula is C28H27ClN2O3. The maximum absolute atomic E-state index is 12.3. The second kappa shape index (κ2) is 10.4. The summed E-state index contributed by atoms with van der Waals surface area (Å²) in [6.45, 7) is 6.05. The summed E-state index contributed by atoms with van der Waals surface area (Å²) in [6.07, 6.45) is 0. The molecule has 1 aromatic heterocycles. The van der Waals surface area contributed by atoms with Crippen LogP contribution in [-0.2, 0) is 19.7 Å². The average Bonchev–Trinajstić information content (AvgIpc) is 2.84. The zero-order chi connectivity index (χ0) is 23.3. The SMILES string of the molecule is O=c1cc(CN2CCN(Cc3ccccc3)CC2)c2ccc(OCc3cccc(Cl)c3)cc2o1. The van der Waals surface area contributed by atoms with E-state index in [1.54, 1.807) is 12.1 Å². The van der Waals surface area contributed by atoms with Crippen molar-refractivity contribution in [1.82, 2.24) is 9.80 Å². The van der Waals surface area contributed by atoms with Gasteiger partial charge in [0.25, 0.3) is 0 Å². The lowest BCUT2D eigenvalue weighted by molar-refractivity contribution is 0.122. The first-order valence-corrected chi connectivity index (χ1v) is 11.9. The molecule has 0 unspecified atom stereocenters. The third kappa shape index (κ3) is 5.68. The molecule has 5 rings (SSSR count). The number of benzene rings is 3. The van der Waals surface area contributed by atoms with Gasteiger partial charge in [0.2, 0.25) is 0 Å². The van der Waals surface area contributed by atoms with E-state index < -0.39 is 0 Å². The zero-order valence-electron chi connectivity index (χ0n) is 19.0. The fourth-order valence-electron chi connectivity index (χ4n) is 4.41. The molecule has 3 aromatic carbocycles. The molecule has 1 fully saturated rings. The van der Waals surface area contributed by atoms with Gasteiger partial charge in [-0.05, 0) is 41.0 Å². The molecule has 0 N–H and O–H groups in total. The van der Waals surface area contributed by atoms with Crippen molar-refractivity contribution in [2.75, 3.05) is 26.2 Å². The van der Waals surface area contributed by atoms with Crippen LogP contribution in [0.3, 0.4) is 0 Å². The molecule has 0 aliphatic carbocycles. The molecule has 174 valence electrons. The highest BCUT2D eigenvalue weighted by molar-refractivity contribution is 6.30. The van der Waals surface area contributed by atoms with Gasteiger partial charge in [0, 0.05) is 61.8 Å². The fraction of sp³-hybridized carbons (Fsp3) is 0.250. The fourth-order valence-corrected chi connectivity index (χ4v) is 4.63. The minimum absolute atomic E-state index is 0.336. The third-order valence-electron chi connectivity index (χ3n) is 6.20. The van der Waals surface area contributed by atoms with Gasteiger partial charge in [0.1, 0.15) is 17.9 Å². The van der Waals surface area contributed by atoms with Crippen LogP contribution in [0.1, 0.15) is 16.7 Å². The first kappa shape index (κ1) is 22.7. The van der Waals surface area contributed by atoms with E-state index >= 15 is 0 Å². The van der Waals surface area contributed by atoms with Crippen molar-refractivity contribution in [1.29, 1.82) is 0 Å². The number of piperazine rings is 1. The highest BCUT2D eigenvalue weighted by Gasteiger charge is 2.18. The van der Waals surface area contributed by atoms with Crippen molar-refractivity contribution < 1.29 is 9.15 Å². The number of hydrogen-bond acceptors (Lipinski definition) is 5. The number of hydrogen-bond donors (Lipinski definition) is 0. The van der Waals surface area contributed by atoms with Gasteiger partial charge >= 0.3 is 5.63 Å². The Balaban J connectivity index is 1.24. The average molecular weight is 475 g/mol. The smallest absolute Gasteiger partial charge is 0.336 e. The third-order valence-corrected chi connectivity index (χ3v) is 6.44. The van der Waals surface area contributed by atoms with Crippen molar-refractivity contribution in [3.05, 3.63) is 111 Å². The molecule has 6 heteroatoms. The molecule has 2 heterocycles. The van der Waals surface area contributed by atoms with E-state index in [1.165, 1.54) is 5.56 Å². The lowest BCUT2D eigenvalue weighted by Crippen LogP contribution is -2.45. The van der Waals surface area contributed by atoms with E-state index in [2.05, 4.69) is 40.1 Å². The van der Waals surface area contributed by atoms with Gasteiger partial charge in [0.15, 0.2) is 0 Å². The minimum atomic E-state index is -0.336. The Bertz CT molecular complexity index is 1310. The van der Waals surface area contributed by atoms with Crippen LogP contribution in [0.4, 0.5) is 0 Å². The normalized spacial score (nSPS) is 15.0. The van der Waals surface area contributed by atoms with E-state index in [9.17, 15) is 4.79 Å². The summed E-state index contributed by atoms with van der Waals surface area (Å²) in [5.41, 5.74) is 3.53. The molecule has 1 aliphatic heterocycles. The van der Waals surface area contributed by atoms with Crippen molar-refractivity contribution in [3.8, 4) is 5.75 Å². The van der Waals surface area contributed by atoms with Crippen LogP contribution in [0.5, 0.6) is 5.75 Å². The predicted molar refractivity (Wildman–Crippen MR) is 135 cm³/mol. The van der Waals surface area contributed by atoms with Gasteiger partial charge < -0.3 is 9.15 Å². The van der Waals surface area contributed by atoms with E-state index in [-0.39, 0.29) is 5.63 Å². The molecule has 0 bridgehead atoms. The summed E-state index contributed by atoms with van der Waals surface area (Å²) in [7, 11) is 0. The van der Waals surface area contributed by atoms with Crippen LogP contribution >= 0.6 is 11.6 Å². The molecule has 0 spiro atoms. The first-order valence-electron chi connectivity index (χ1n) is 11.5. The number of ether oxygens (including phenoxy) is 1. The van der Waals surface area contributed by atoms with Crippen molar-refractivity contribution in [2.24, 2.45) is 0 Å². The zero-order valence-corrected chi connectivity index (χ0v) is 19.7. The summed E-state index contributed by atoms with van der Waals surface area (Å²) in [6, 6.07) is 25.5. The largest absolute Gasteiger partial charge is 0.489 e. The van der Waals surface area contributed by atoms with Gasteiger partial charge in [-0.15, -0.1) is 0 Å². The summed E-state index contributed by atoms with van der Waals surface area (Å²) < 4.78 is 11.4. The van der Waals surface area contributed by atoms with Crippen LogP contribution < -0.4 is 10.4 Å². The summed E-state index contributed by atoms with van der Waals surface area (Å²) >= 11 is 6.05. The Hall–Kier alpha value is -3.12. The standard InChI is InChI=1S/C28H27ClN2O3/c29-24-8-4-7-22(15-24)20-33-25-9-10-26-23(16-28(32)34-27(26)17-25)19-31-13-11-30(12-14-31)18-21-5-2-1-3-6-21/h1-10,15-17H,11-14,18-20H2. The summed E-state index contributed by atoms with van der Waals surface area (Å²) in [5.74, 6) is 0.655. The van der Waals surface area contributed by atoms with Crippen LogP contribution in [0.25, 0.3) is 11.0 Å². The Kier molecular flexibility index (Phi) is 6.95. The molecule has 0 saturated carbocycles. The van der Waals surface area contributed by atoms with E-state index in [1.807, 2.05) is 36.4 Å². The van der Waals surface area contributed by atoms with Crippen LogP contribution in [-0.4, -0.2) is 36.0 Å². The molecule has 1 saturated heterocycles. The molecule has 0 radical (unpaired) electrons. The van der Waals surface area contributed by atoms with Gasteiger partial charge in [-0.25, -0.2) is 4.79 Å². The Morgan fingerprint density at radius 2 is 1.53 bits per heavy atom. The monoisotopic (exact) mass is 474 g/mol. The summed E-state index contributed by atoms with van der Waals surface area (Å²) in [4.78, 5) is 17.2. The Morgan fingerprint density at radius 3 is 2.29 bits per heavy atom. The predicted octanol–water partition coefficient (Wildman–Crippen LogP) is 5.34. The molecule has 4 aromatic rings. The molecule has 0 amide bonds. The van der Waals surface area contributed by atoms with Gasteiger partial charge in [-0.2, -0.15) is 0 Å². The summed E-state index contributed by atoms with van der Waals surface area (Å²) in [5, 5.41) is 1.62. The highest BCUT2D eigenvalue weighted by Crippen LogP contribution is 2.25. The lowest BCUT2D eigenvalue weighted by Gasteiger charge is -2.34. The maximum Gasteiger partial charge on any atom is 0.336 e. The quantitative estimate of drug-likeness (QED) is 0.338. The van der Waals surface area contributed by atoms with E-state index in [0.29, 0.717) is 23.0 Å². The van der Waals surface area contributed by atoms with Crippen LogP contribution in [0, 0.1) is 0 Å². The minimum Gasteiger partial charge on any atom is -0.489 e. The molecule has 0 atom stereocenters. The number of rotatable bonds is 7. The van der Waals surface area contributed by atoms with Gasteiger partial charge in [-0.1, -0.05) is 54.1 Å². The Labute approximate surface area is 204 Å². The second-order valence-corrected chi connectivity index (χ2v) is 9.14. The maximum atomic E-state index is 12.3. The number of halogens is 1. The van der Waals surface area contributed by atoms with Gasteiger partial charge in [-0.3, -0.25) is 9.80 Å². The second-order valence-electron chi connectivity index (χ2n) is 8.71. The van der Waals surface area contributed by atoms with Crippen molar-refractivity contribution in [2.45, 2.75) is 19.7 Å². The number of fused-ring (bicyclic) bond motifs is 1.